The number of rotatable bonds is 5. The predicted octanol–water partition coefficient (Wildman–Crippen LogP) is 2.01. The van der Waals surface area contributed by atoms with Crippen LogP contribution in [0.2, 0.25) is 0 Å². The van der Waals surface area contributed by atoms with Gasteiger partial charge in [-0.2, -0.15) is 0 Å². The molecule has 2 N–H and O–H groups in total. The van der Waals surface area contributed by atoms with Crippen molar-refractivity contribution in [3.63, 3.8) is 0 Å². The largest absolute Gasteiger partial charge is 0.327 e. The van der Waals surface area contributed by atoms with Crippen molar-refractivity contribution in [2.45, 2.75) is 32.1 Å². The number of hydrogen-bond acceptors (Lipinski definition) is 2. The number of nitrogens with zero attached hydrogens (tertiary/aromatic N) is 1. The highest BCUT2D eigenvalue weighted by Crippen LogP contribution is 2.23. The van der Waals surface area contributed by atoms with Crippen molar-refractivity contribution in [3.8, 4) is 0 Å². The van der Waals surface area contributed by atoms with E-state index in [1.165, 1.54) is 38.6 Å². The van der Waals surface area contributed by atoms with Crippen molar-refractivity contribution < 1.29 is 0 Å². The minimum atomic E-state index is 0.664. The summed E-state index contributed by atoms with van der Waals surface area (Å²) < 4.78 is 0. The summed E-state index contributed by atoms with van der Waals surface area (Å²) in [6.07, 6.45) is 11.4. The van der Waals surface area contributed by atoms with E-state index in [2.05, 4.69) is 18.0 Å². The predicted molar refractivity (Wildman–Crippen MR) is 62.3 cm³/mol. The van der Waals surface area contributed by atoms with Gasteiger partial charge in [0.25, 0.3) is 0 Å². The van der Waals surface area contributed by atoms with Crippen LogP contribution >= 0.6 is 0 Å². The molecule has 0 amide bonds. The molecule has 0 unspecified atom stereocenters. The zero-order chi connectivity index (χ0) is 10.2. The van der Waals surface area contributed by atoms with Gasteiger partial charge in [0.05, 0.1) is 0 Å². The van der Waals surface area contributed by atoms with Crippen LogP contribution in [-0.2, 0) is 0 Å². The summed E-state index contributed by atoms with van der Waals surface area (Å²) in [5.41, 5.74) is 5.39. The van der Waals surface area contributed by atoms with E-state index in [0.717, 1.165) is 12.5 Å². The molecule has 0 spiro atoms. The van der Waals surface area contributed by atoms with Crippen LogP contribution in [0.4, 0.5) is 0 Å². The molecular formula is C12H24N2. The van der Waals surface area contributed by atoms with Gasteiger partial charge < -0.3 is 10.6 Å². The average molecular weight is 196 g/mol. The van der Waals surface area contributed by atoms with E-state index in [1.54, 1.807) is 0 Å². The van der Waals surface area contributed by atoms with Crippen molar-refractivity contribution in [2.75, 3.05) is 26.7 Å². The summed E-state index contributed by atoms with van der Waals surface area (Å²) in [6.45, 7) is 2.97. The molecule has 1 aliphatic rings. The Morgan fingerprint density at radius 1 is 1.21 bits per heavy atom. The van der Waals surface area contributed by atoms with Crippen LogP contribution in [0.15, 0.2) is 12.2 Å². The Balaban J connectivity index is 2.11. The Kier molecular flexibility index (Phi) is 5.88. The second-order valence-electron chi connectivity index (χ2n) is 4.43. The fraction of sp³-hybridized carbons (Fsp3) is 0.833. The van der Waals surface area contributed by atoms with Crippen LogP contribution in [0, 0.1) is 5.92 Å². The summed E-state index contributed by atoms with van der Waals surface area (Å²) in [6, 6.07) is 0. The summed E-state index contributed by atoms with van der Waals surface area (Å²) in [5, 5.41) is 0. The highest BCUT2D eigenvalue weighted by molar-refractivity contribution is 4.85. The SMILES string of the molecule is CN(CC=CCN)CC1CCCCC1. The minimum Gasteiger partial charge on any atom is -0.327 e. The van der Waals surface area contributed by atoms with E-state index >= 15 is 0 Å². The minimum absolute atomic E-state index is 0.664. The third-order valence-electron chi connectivity index (χ3n) is 3.01. The smallest absolute Gasteiger partial charge is 0.0160 e. The van der Waals surface area contributed by atoms with E-state index in [1.807, 2.05) is 6.08 Å². The molecular weight excluding hydrogens is 172 g/mol. The summed E-state index contributed by atoms with van der Waals surface area (Å²) in [7, 11) is 2.20. The first-order valence-electron chi connectivity index (χ1n) is 5.86. The summed E-state index contributed by atoms with van der Waals surface area (Å²) in [5.74, 6) is 0.944. The molecule has 0 radical (unpaired) electrons. The molecule has 0 aromatic rings. The second kappa shape index (κ2) is 7.02. The van der Waals surface area contributed by atoms with E-state index in [4.69, 9.17) is 5.73 Å². The fourth-order valence-corrected chi connectivity index (χ4v) is 2.24. The molecule has 1 saturated carbocycles. The first kappa shape index (κ1) is 11.7. The zero-order valence-corrected chi connectivity index (χ0v) is 9.41. The van der Waals surface area contributed by atoms with Crippen LogP contribution in [0.5, 0.6) is 0 Å². The van der Waals surface area contributed by atoms with Crippen molar-refractivity contribution >= 4 is 0 Å². The van der Waals surface area contributed by atoms with E-state index in [-0.39, 0.29) is 0 Å². The Labute approximate surface area is 88.2 Å². The zero-order valence-electron chi connectivity index (χ0n) is 9.41. The number of likely N-dealkylation sites (N-methyl/N-ethyl adjacent to an activating group) is 1. The molecule has 2 heteroatoms. The number of hydrogen-bond donors (Lipinski definition) is 1. The van der Waals surface area contributed by atoms with Crippen LogP contribution < -0.4 is 5.73 Å². The molecule has 0 aromatic carbocycles. The van der Waals surface area contributed by atoms with Crippen LogP contribution in [0.1, 0.15) is 32.1 Å². The van der Waals surface area contributed by atoms with Gasteiger partial charge in [-0.1, -0.05) is 31.4 Å². The van der Waals surface area contributed by atoms with Crippen LogP contribution in [0.3, 0.4) is 0 Å². The van der Waals surface area contributed by atoms with Gasteiger partial charge in [-0.05, 0) is 25.8 Å². The van der Waals surface area contributed by atoms with Crippen molar-refractivity contribution in [3.05, 3.63) is 12.2 Å². The maximum absolute atomic E-state index is 5.39. The maximum Gasteiger partial charge on any atom is 0.0160 e. The summed E-state index contributed by atoms with van der Waals surface area (Å²) >= 11 is 0. The van der Waals surface area contributed by atoms with Gasteiger partial charge in [0.2, 0.25) is 0 Å². The molecule has 1 rings (SSSR count). The van der Waals surface area contributed by atoms with Crippen molar-refractivity contribution in [2.24, 2.45) is 11.7 Å². The molecule has 14 heavy (non-hydrogen) atoms. The van der Waals surface area contributed by atoms with Gasteiger partial charge in [-0.3, -0.25) is 0 Å². The van der Waals surface area contributed by atoms with Gasteiger partial charge in [0.1, 0.15) is 0 Å². The van der Waals surface area contributed by atoms with E-state index in [9.17, 15) is 0 Å². The van der Waals surface area contributed by atoms with Gasteiger partial charge in [0.15, 0.2) is 0 Å². The molecule has 0 atom stereocenters. The Morgan fingerprint density at radius 2 is 1.93 bits per heavy atom. The third-order valence-corrected chi connectivity index (χ3v) is 3.01. The lowest BCUT2D eigenvalue weighted by Gasteiger charge is -2.26. The highest BCUT2D eigenvalue weighted by atomic mass is 15.1. The standard InChI is InChI=1S/C12H24N2/c1-14(10-6-5-9-13)11-12-7-3-2-4-8-12/h5-6,12H,2-4,7-11,13H2,1H3. The lowest BCUT2D eigenvalue weighted by Crippen LogP contribution is -2.27. The molecule has 0 saturated heterocycles. The van der Waals surface area contributed by atoms with Gasteiger partial charge in [-0.25, -0.2) is 0 Å². The second-order valence-corrected chi connectivity index (χ2v) is 4.43. The molecule has 82 valence electrons. The molecule has 0 bridgehead atoms. The lowest BCUT2D eigenvalue weighted by atomic mass is 9.89. The number of nitrogens with two attached hydrogens (primary N) is 1. The molecule has 0 heterocycles. The highest BCUT2D eigenvalue weighted by Gasteiger charge is 2.14. The van der Waals surface area contributed by atoms with E-state index < -0.39 is 0 Å². The Bertz CT molecular complexity index is 160. The Hall–Kier alpha value is -0.340. The fourth-order valence-electron chi connectivity index (χ4n) is 2.24. The van der Waals surface area contributed by atoms with E-state index in [0.29, 0.717) is 6.54 Å². The summed E-state index contributed by atoms with van der Waals surface area (Å²) in [4.78, 5) is 2.40. The normalized spacial score (nSPS) is 19.6. The van der Waals surface area contributed by atoms with Crippen LogP contribution in [0.25, 0.3) is 0 Å². The lowest BCUT2D eigenvalue weighted by molar-refractivity contribution is 0.248. The molecule has 0 aromatic heterocycles. The monoisotopic (exact) mass is 196 g/mol. The Morgan fingerprint density at radius 3 is 2.57 bits per heavy atom. The third kappa shape index (κ3) is 4.77. The molecule has 0 aliphatic heterocycles. The molecule has 1 fully saturated rings. The molecule has 2 nitrogen and oxygen atoms in total. The van der Waals surface area contributed by atoms with Gasteiger partial charge >= 0.3 is 0 Å². The van der Waals surface area contributed by atoms with Gasteiger partial charge in [0, 0.05) is 19.6 Å². The average Bonchev–Trinajstić information content (AvgIpc) is 2.20. The topological polar surface area (TPSA) is 29.3 Å². The molecule has 1 aliphatic carbocycles. The quantitative estimate of drug-likeness (QED) is 0.682. The van der Waals surface area contributed by atoms with Crippen molar-refractivity contribution in [1.82, 2.24) is 4.90 Å². The van der Waals surface area contributed by atoms with Gasteiger partial charge in [-0.15, -0.1) is 0 Å². The van der Waals surface area contributed by atoms with Crippen molar-refractivity contribution in [1.29, 1.82) is 0 Å². The first-order valence-corrected chi connectivity index (χ1v) is 5.86. The first-order chi connectivity index (χ1) is 6.83. The van der Waals surface area contributed by atoms with Crippen LogP contribution in [-0.4, -0.2) is 31.6 Å². The maximum atomic E-state index is 5.39.